The van der Waals surface area contributed by atoms with Gasteiger partial charge in [-0.2, -0.15) is 4.99 Å². The molecule has 0 N–H and O–H groups in total. The summed E-state index contributed by atoms with van der Waals surface area (Å²) in [5, 5.41) is 0. The summed E-state index contributed by atoms with van der Waals surface area (Å²) in [7, 11) is -1.77. The highest BCUT2D eigenvalue weighted by molar-refractivity contribution is 7.98. The lowest BCUT2D eigenvalue weighted by molar-refractivity contribution is -0.118. The van der Waals surface area contributed by atoms with Crippen LogP contribution in [0.3, 0.4) is 0 Å². The normalized spacial score (nSPS) is 12.5. The zero-order valence-corrected chi connectivity index (χ0v) is 20.3. The number of aromatic nitrogens is 1. The number of fused-ring (bicyclic) bond motifs is 1. The molecule has 0 saturated carbocycles. The van der Waals surface area contributed by atoms with E-state index in [4.69, 9.17) is 4.74 Å². The van der Waals surface area contributed by atoms with E-state index in [1.54, 1.807) is 43.1 Å². The summed E-state index contributed by atoms with van der Waals surface area (Å²) in [6.07, 6.45) is 2.34. The van der Waals surface area contributed by atoms with Crippen LogP contribution in [-0.2, 0) is 25.9 Å². The number of methoxy groups -OCH3 is 1. The third-order valence-corrected chi connectivity index (χ3v) is 8.40. The average Bonchev–Trinajstić information content (AvgIpc) is 3.08. The number of hydrogen-bond acceptors (Lipinski definition) is 6. The van der Waals surface area contributed by atoms with Crippen molar-refractivity contribution in [1.29, 1.82) is 0 Å². The lowest BCUT2D eigenvalue weighted by Gasteiger charge is -2.05. The standard InChI is InChI=1S/C22H26N2O4S3/c1-16-6-9-18(10-7-16)31(26,27)14-4-5-21(25)23-22-24(12-13-28-2)19-11-8-17(29-3)15-20(19)30-22/h6-11,15H,4-5,12-14H2,1-3H3. The Morgan fingerprint density at radius 1 is 1.19 bits per heavy atom. The van der Waals surface area contributed by atoms with Crippen molar-refractivity contribution in [2.24, 2.45) is 4.99 Å². The molecule has 0 saturated heterocycles. The molecule has 0 atom stereocenters. The van der Waals surface area contributed by atoms with Crippen molar-refractivity contribution in [1.82, 2.24) is 4.57 Å². The lowest BCUT2D eigenvalue weighted by Crippen LogP contribution is -2.19. The molecule has 166 valence electrons. The number of hydrogen-bond donors (Lipinski definition) is 0. The van der Waals surface area contributed by atoms with Crippen molar-refractivity contribution in [3.05, 3.63) is 52.8 Å². The molecule has 0 spiro atoms. The van der Waals surface area contributed by atoms with Gasteiger partial charge in [0.2, 0.25) is 5.91 Å². The molecule has 9 heteroatoms. The van der Waals surface area contributed by atoms with Gasteiger partial charge in [-0.15, -0.1) is 11.8 Å². The predicted molar refractivity (Wildman–Crippen MR) is 127 cm³/mol. The van der Waals surface area contributed by atoms with Crippen molar-refractivity contribution in [2.75, 3.05) is 25.7 Å². The Labute approximate surface area is 190 Å². The van der Waals surface area contributed by atoms with Crippen molar-refractivity contribution < 1.29 is 17.9 Å². The van der Waals surface area contributed by atoms with Crippen LogP contribution in [0.1, 0.15) is 18.4 Å². The zero-order chi connectivity index (χ0) is 22.4. The van der Waals surface area contributed by atoms with Gasteiger partial charge in [0.15, 0.2) is 14.6 Å². The lowest BCUT2D eigenvalue weighted by atomic mass is 10.2. The van der Waals surface area contributed by atoms with Crippen LogP contribution in [0.15, 0.2) is 57.2 Å². The monoisotopic (exact) mass is 478 g/mol. The Hall–Kier alpha value is -1.94. The van der Waals surface area contributed by atoms with E-state index in [1.807, 2.05) is 29.9 Å². The van der Waals surface area contributed by atoms with E-state index in [0.717, 1.165) is 20.7 Å². The van der Waals surface area contributed by atoms with E-state index in [2.05, 4.69) is 11.1 Å². The number of sulfone groups is 1. The van der Waals surface area contributed by atoms with E-state index in [-0.39, 0.29) is 29.4 Å². The summed E-state index contributed by atoms with van der Waals surface area (Å²) in [6, 6.07) is 12.9. The fraction of sp³-hybridized carbons (Fsp3) is 0.364. The maximum absolute atomic E-state index is 12.5. The maximum atomic E-state index is 12.5. The van der Waals surface area contributed by atoms with E-state index in [9.17, 15) is 13.2 Å². The van der Waals surface area contributed by atoms with Crippen molar-refractivity contribution in [3.8, 4) is 0 Å². The van der Waals surface area contributed by atoms with E-state index < -0.39 is 9.84 Å². The Bertz CT molecular complexity index is 1230. The summed E-state index contributed by atoms with van der Waals surface area (Å²) in [5.74, 6) is -0.397. The number of rotatable bonds is 9. The van der Waals surface area contributed by atoms with Gasteiger partial charge >= 0.3 is 0 Å². The molecule has 3 rings (SSSR count). The first-order chi connectivity index (χ1) is 14.8. The summed E-state index contributed by atoms with van der Waals surface area (Å²) < 4.78 is 33.2. The molecule has 2 aromatic carbocycles. The Kier molecular flexibility index (Phi) is 8.10. The fourth-order valence-electron chi connectivity index (χ4n) is 3.10. The Balaban J connectivity index is 1.76. The minimum Gasteiger partial charge on any atom is -0.383 e. The van der Waals surface area contributed by atoms with Crippen LogP contribution < -0.4 is 4.80 Å². The molecule has 0 aliphatic heterocycles. The number of carbonyl (C=O) groups excluding carboxylic acids is 1. The number of nitrogens with zero attached hydrogens (tertiary/aromatic N) is 2. The SMILES string of the molecule is COCCn1c(=NC(=O)CCCS(=O)(=O)c2ccc(C)cc2)sc2cc(SC)ccc21. The highest BCUT2D eigenvalue weighted by atomic mass is 32.2. The van der Waals surface area contributed by atoms with Crippen LogP contribution in [0.5, 0.6) is 0 Å². The van der Waals surface area contributed by atoms with Gasteiger partial charge in [-0.25, -0.2) is 8.42 Å². The molecule has 1 aromatic heterocycles. The minimum absolute atomic E-state index is 0.0789. The van der Waals surface area contributed by atoms with Gasteiger partial charge in [-0.3, -0.25) is 4.79 Å². The second-order valence-electron chi connectivity index (χ2n) is 7.10. The molecule has 1 heterocycles. The molecule has 0 radical (unpaired) electrons. The van der Waals surface area contributed by atoms with Gasteiger partial charge in [0.05, 0.1) is 27.5 Å². The first-order valence-corrected chi connectivity index (χ1v) is 13.6. The largest absolute Gasteiger partial charge is 0.383 e. The third kappa shape index (κ3) is 6.06. The van der Waals surface area contributed by atoms with Crippen molar-refractivity contribution >= 4 is 49.1 Å². The van der Waals surface area contributed by atoms with E-state index in [0.29, 0.717) is 18.0 Å². The summed E-state index contributed by atoms with van der Waals surface area (Å²) in [5.41, 5.74) is 2.01. The molecular formula is C22H26N2O4S3. The highest BCUT2D eigenvalue weighted by Crippen LogP contribution is 2.24. The van der Waals surface area contributed by atoms with Crippen molar-refractivity contribution in [3.63, 3.8) is 0 Å². The van der Waals surface area contributed by atoms with Crippen LogP contribution >= 0.6 is 23.1 Å². The van der Waals surface area contributed by atoms with Crippen LogP contribution in [0.4, 0.5) is 0 Å². The summed E-state index contributed by atoms with van der Waals surface area (Å²) >= 11 is 3.12. The number of amides is 1. The number of ether oxygens (including phenoxy) is 1. The van der Waals surface area contributed by atoms with E-state index >= 15 is 0 Å². The maximum Gasteiger partial charge on any atom is 0.248 e. The van der Waals surface area contributed by atoms with Gasteiger partial charge in [-0.05, 0) is 49.9 Å². The number of aryl methyl sites for hydroxylation is 1. The number of carbonyl (C=O) groups is 1. The summed E-state index contributed by atoms with van der Waals surface area (Å²) in [6.45, 7) is 3.00. The topological polar surface area (TPSA) is 77.7 Å². The molecule has 0 unspecified atom stereocenters. The Morgan fingerprint density at radius 2 is 1.94 bits per heavy atom. The number of thioether (sulfide) groups is 1. The van der Waals surface area contributed by atoms with Crippen molar-refractivity contribution in [2.45, 2.75) is 36.1 Å². The fourth-order valence-corrected chi connectivity index (χ4v) is 6.04. The second kappa shape index (κ2) is 10.6. The van der Waals surface area contributed by atoms with E-state index in [1.165, 1.54) is 11.3 Å². The third-order valence-electron chi connectivity index (χ3n) is 4.81. The molecule has 0 fully saturated rings. The van der Waals surface area contributed by atoms with Gasteiger partial charge < -0.3 is 9.30 Å². The molecule has 3 aromatic rings. The molecule has 0 aliphatic rings. The van der Waals surface area contributed by atoms with Crippen LogP contribution in [0.25, 0.3) is 10.2 Å². The summed E-state index contributed by atoms with van der Waals surface area (Å²) in [4.78, 5) is 18.8. The van der Waals surface area contributed by atoms with Crippen LogP contribution in [0.2, 0.25) is 0 Å². The van der Waals surface area contributed by atoms with Crippen LogP contribution in [-0.4, -0.2) is 44.6 Å². The quantitative estimate of drug-likeness (QED) is 0.434. The number of benzene rings is 2. The van der Waals surface area contributed by atoms with Crippen LogP contribution in [0, 0.1) is 6.92 Å². The van der Waals surface area contributed by atoms with Gasteiger partial charge in [0, 0.05) is 25.0 Å². The molecule has 1 amide bonds. The zero-order valence-electron chi connectivity index (χ0n) is 17.8. The molecule has 0 aliphatic carbocycles. The predicted octanol–water partition coefficient (Wildman–Crippen LogP) is 4.06. The van der Waals surface area contributed by atoms with Gasteiger partial charge in [0.25, 0.3) is 0 Å². The minimum atomic E-state index is -3.41. The average molecular weight is 479 g/mol. The van der Waals surface area contributed by atoms with Gasteiger partial charge in [-0.1, -0.05) is 29.0 Å². The smallest absolute Gasteiger partial charge is 0.248 e. The first kappa shape index (κ1) is 23.7. The molecule has 0 bridgehead atoms. The Morgan fingerprint density at radius 3 is 2.61 bits per heavy atom. The number of thiazole rings is 1. The first-order valence-electron chi connectivity index (χ1n) is 9.87. The second-order valence-corrected chi connectivity index (χ2v) is 11.1. The molecule has 31 heavy (non-hydrogen) atoms. The highest BCUT2D eigenvalue weighted by Gasteiger charge is 2.15. The van der Waals surface area contributed by atoms with Gasteiger partial charge in [0.1, 0.15) is 0 Å². The molecular weight excluding hydrogens is 452 g/mol. The molecule has 6 nitrogen and oxygen atoms in total.